The van der Waals surface area contributed by atoms with Gasteiger partial charge in [0.1, 0.15) is 0 Å². The Labute approximate surface area is 114 Å². The number of anilines is 1. The Hall–Kier alpha value is -2.07. The van der Waals surface area contributed by atoms with Crippen molar-refractivity contribution in [3.8, 4) is 5.75 Å². The molecule has 3 nitrogen and oxygen atoms in total. The molecule has 0 spiro atoms. The topological polar surface area (TPSA) is 52.3 Å². The zero-order chi connectivity index (χ0) is 14.0. The molecule has 5 heteroatoms. The summed E-state index contributed by atoms with van der Waals surface area (Å²) in [6.07, 6.45) is 0. The Bertz CT molecular complexity index is 643. The van der Waals surface area contributed by atoms with E-state index in [0.29, 0.717) is 5.69 Å². The first-order chi connectivity index (χ1) is 9.02. The minimum Gasteiger partial charge on any atom is -0.494 e. The second-order valence-corrected chi connectivity index (χ2v) is 4.32. The predicted octanol–water partition coefficient (Wildman–Crippen LogP) is 3.30. The Kier molecular flexibility index (Phi) is 3.71. The van der Waals surface area contributed by atoms with E-state index >= 15 is 0 Å². The van der Waals surface area contributed by atoms with Crippen LogP contribution in [0.3, 0.4) is 0 Å². The number of nitrogens with two attached hydrogens (primary N) is 1. The van der Waals surface area contributed by atoms with Crippen LogP contribution in [-0.2, 0) is 0 Å². The number of carbonyl (C=O) groups excluding carboxylic acids is 1. The lowest BCUT2D eigenvalue weighted by molar-refractivity contribution is 0.103. The highest BCUT2D eigenvalue weighted by molar-refractivity contribution is 6.35. The van der Waals surface area contributed by atoms with Crippen LogP contribution in [0.15, 0.2) is 36.4 Å². The molecule has 0 aliphatic rings. The highest BCUT2D eigenvalue weighted by atomic mass is 35.5. The van der Waals surface area contributed by atoms with Gasteiger partial charge in [0, 0.05) is 16.8 Å². The fourth-order valence-electron chi connectivity index (χ4n) is 1.68. The zero-order valence-corrected chi connectivity index (χ0v) is 10.9. The van der Waals surface area contributed by atoms with E-state index in [-0.39, 0.29) is 27.7 Å². The summed E-state index contributed by atoms with van der Waals surface area (Å²) in [6, 6.07) is 8.57. The van der Waals surface area contributed by atoms with E-state index in [1.807, 2.05) is 0 Å². The SMILES string of the molecule is COc1ccc(C(=O)c2cc(N)ccc2Cl)cc1F. The van der Waals surface area contributed by atoms with Crippen LogP contribution in [0, 0.1) is 5.82 Å². The molecular formula is C14H11ClFNO2. The largest absolute Gasteiger partial charge is 0.494 e. The molecule has 98 valence electrons. The van der Waals surface area contributed by atoms with Crippen molar-refractivity contribution in [3.05, 3.63) is 58.4 Å². The van der Waals surface area contributed by atoms with Gasteiger partial charge in [-0.15, -0.1) is 0 Å². The van der Waals surface area contributed by atoms with Crippen molar-refractivity contribution in [1.82, 2.24) is 0 Å². The van der Waals surface area contributed by atoms with Crippen LogP contribution in [0.1, 0.15) is 15.9 Å². The van der Waals surface area contributed by atoms with Crippen LogP contribution >= 0.6 is 11.6 Å². The first-order valence-electron chi connectivity index (χ1n) is 5.46. The third-order valence-electron chi connectivity index (χ3n) is 2.65. The van der Waals surface area contributed by atoms with Gasteiger partial charge < -0.3 is 10.5 Å². The highest BCUT2D eigenvalue weighted by Crippen LogP contribution is 2.24. The second kappa shape index (κ2) is 5.28. The van der Waals surface area contributed by atoms with E-state index in [1.165, 1.54) is 31.4 Å². The smallest absolute Gasteiger partial charge is 0.194 e. The van der Waals surface area contributed by atoms with Gasteiger partial charge in [-0.25, -0.2) is 4.39 Å². The fraction of sp³-hybridized carbons (Fsp3) is 0.0714. The van der Waals surface area contributed by atoms with E-state index in [9.17, 15) is 9.18 Å². The zero-order valence-electron chi connectivity index (χ0n) is 10.1. The van der Waals surface area contributed by atoms with Gasteiger partial charge in [-0.05, 0) is 36.4 Å². The van der Waals surface area contributed by atoms with Crippen molar-refractivity contribution in [2.45, 2.75) is 0 Å². The molecule has 0 atom stereocenters. The molecule has 0 aliphatic carbocycles. The molecule has 0 saturated carbocycles. The summed E-state index contributed by atoms with van der Waals surface area (Å²) in [4.78, 5) is 12.2. The predicted molar refractivity (Wildman–Crippen MR) is 72.2 cm³/mol. The van der Waals surface area contributed by atoms with Crippen LogP contribution in [0.4, 0.5) is 10.1 Å². The number of methoxy groups -OCH3 is 1. The third-order valence-corrected chi connectivity index (χ3v) is 2.98. The van der Waals surface area contributed by atoms with Crippen LogP contribution in [0.2, 0.25) is 5.02 Å². The maximum atomic E-state index is 13.6. The number of carbonyl (C=O) groups is 1. The Balaban J connectivity index is 2.44. The van der Waals surface area contributed by atoms with Crippen molar-refractivity contribution < 1.29 is 13.9 Å². The number of ether oxygens (including phenoxy) is 1. The summed E-state index contributed by atoms with van der Waals surface area (Å²) < 4.78 is 18.4. The van der Waals surface area contributed by atoms with Crippen molar-refractivity contribution in [2.75, 3.05) is 12.8 Å². The molecule has 0 amide bonds. The third kappa shape index (κ3) is 2.69. The number of hydrogen-bond donors (Lipinski definition) is 1. The number of halogens is 2. The lowest BCUT2D eigenvalue weighted by atomic mass is 10.0. The average Bonchev–Trinajstić information content (AvgIpc) is 2.40. The van der Waals surface area contributed by atoms with Gasteiger partial charge in [0.2, 0.25) is 0 Å². The quantitative estimate of drug-likeness (QED) is 0.693. The lowest BCUT2D eigenvalue weighted by Crippen LogP contribution is -2.04. The normalized spacial score (nSPS) is 10.3. The van der Waals surface area contributed by atoms with E-state index in [0.717, 1.165) is 6.07 Å². The van der Waals surface area contributed by atoms with Crippen molar-refractivity contribution in [1.29, 1.82) is 0 Å². The maximum absolute atomic E-state index is 13.6. The highest BCUT2D eigenvalue weighted by Gasteiger charge is 2.15. The average molecular weight is 280 g/mol. The molecule has 0 radical (unpaired) electrons. The number of ketones is 1. The number of rotatable bonds is 3. The van der Waals surface area contributed by atoms with Gasteiger partial charge in [-0.3, -0.25) is 4.79 Å². The first kappa shape index (κ1) is 13.4. The molecule has 19 heavy (non-hydrogen) atoms. The minimum atomic E-state index is -0.603. The van der Waals surface area contributed by atoms with Crippen LogP contribution in [0.5, 0.6) is 5.75 Å². The second-order valence-electron chi connectivity index (χ2n) is 3.92. The molecule has 0 unspecified atom stereocenters. The standard InChI is InChI=1S/C14H11ClFNO2/c1-19-13-5-2-8(6-12(13)16)14(18)10-7-9(17)3-4-11(10)15/h2-7H,17H2,1H3. The Morgan fingerprint density at radius 1 is 1.26 bits per heavy atom. The molecule has 0 bridgehead atoms. The van der Waals surface area contributed by atoms with E-state index < -0.39 is 5.82 Å². The van der Waals surface area contributed by atoms with Gasteiger partial charge in [0.05, 0.1) is 12.1 Å². The Morgan fingerprint density at radius 2 is 2.00 bits per heavy atom. The Morgan fingerprint density at radius 3 is 2.63 bits per heavy atom. The summed E-state index contributed by atoms with van der Waals surface area (Å²) in [5.41, 5.74) is 6.46. The summed E-state index contributed by atoms with van der Waals surface area (Å²) in [5, 5.41) is 0.274. The first-order valence-corrected chi connectivity index (χ1v) is 5.84. The van der Waals surface area contributed by atoms with Crippen LogP contribution < -0.4 is 10.5 Å². The van der Waals surface area contributed by atoms with Gasteiger partial charge >= 0.3 is 0 Å². The molecule has 2 aromatic rings. The van der Waals surface area contributed by atoms with Crippen molar-refractivity contribution in [2.24, 2.45) is 0 Å². The van der Waals surface area contributed by atoms with Gasteiger partial charge in [-0.2, -0.15) is 0 Å². The molecule has 0 fully saturated rings. The number of benzene rings is 2. The lowest BCUT2D eigenvalue weighted by Gasteiger charge is -2.07. The number of nitrogen functional groups attached to an aromatic ring is 1. The summed E-state index contributed by atoms with van der Waals surface area (Å²) in [6.45, 7) is 0. The van der Waals surface area contributed by atoms with E-state index in [4.69, 9.17) is 22.1 Å². The molecule has 0 aliphatic heterocycles. The van der Waals surface area contributed by atoms with E-state index in [2.05, 4.69) is 0 Å². The summed E-state index contributed by atoms with van der Waals surface area (Å²) >= 11 is 5.94. The molecular weight excluding hydrogens is 269 g/mol. The van der Waals surface area contributed by atoms with Gasteiger partial charge in [0.25, 0.3) is 0 Å². The molecule has 2 aromatic carbocycles. The van der Waals surface area contributed by atoms with Crippen molar-refractivity contribution in [3.63, 3.8) is 0 Å². The van der Waals surface area contributed by atoms with Crippen LogP contribution in [0.25, 0.3) is 0 Å². The number of hydrogen-bond acceptors (Lipinski definition) is 3. The van der Waals surface area contributed by atoms with Gasteiger partial charge in [0.15, 0.2) is 17.3 Å². The molecule has 2 rings (SSSR count). The van der Waals surface area contributed by atoms with Crippen LogP contribution in [-0.4, -0.2) is 12.9 Å². The molecule has 2 N–H and O–H groups in total. The summed E-state index contributed by atoms with van der Waals surface area (Å²) in [5.74, 6) is -0.914. The molecule has 0 heterocycles. The maximum Gasteiger partial charge on any atom is 0.194 e. The van der Waals surface area contributed by atoms with E-state index in [1.54, 1.807) is 6.07 Å². The van der Waals surface area contributed by atoms with Gasteiger partial charge in [-0.1, -0.05) is 11.6 Å². The van der Waals surface area contributed by atoms with Crippen molar-refractivity contribution >= 4 is 23.1 Å². The monoisotopic (exact) mass is 279 g/mol. The fourth-order valence-corrected chi connectivity index (χ4v) is 1.88. The molecule has 0 aromatic heterocycles. The molecule has 0 saturated heterocycles. The summed E-state index contributed by atoms with van der Waals surface area (Å²) in [7, 11) is 1.36. The minimum absolute atomic E-state index is 0.0789.